The Morgan fingerprint density at radius 1 is 1.36 bits per heavy atom. The summed E-state index contributed by atoms with van der Waals surface area (Å²) in [5.41, 5.74) is 0. The number of aldehydes is 1. The van der Waals surface area contributed by atoms with Gasteiger partial charge >= 0.3 is 0 Å². The summed E-state index contributed by atoms with van der Waals surface area (Å²) in [7, 11) is 0. The van der Waals surface area contributed by atoms with Gasteiger partial charge in [-0.3, -0.25) is 0 Å². The number of nitrogens with zero attached hydrogens (tertiary/aromatic N) is 2. The molecule has 1 aliphatic heterocycles. The van der Waals surface area contributed by atoms with Crippen LogP contribution in [0.25, 0.3) is 0 Å². The van der Waals surface area contributed by atoms with E-state index in [1.54, 1.807) is 12.4 Å². The SMILES string of the molecule is C=CN1CC(C=O)N(C=C)C1. The van der Waals surface area contributed by atoms with Crippen molar-refractivity contribution in [2.75, 3.05) is 13.2 Å². The topological polar surface area (TPSA) is 23.6 Å². The quantitative estimate of drug-likeness (QED) is 0.547. The second-order valence-electron chi connectivity index (χ2n) is 2.50. The molecule has 0 saturated carbocycles. The van der Waals surface area contributed by atoms with Crippen molar-refractivity contribution in [3.05, 3.63) is 25.6 Å². The van der Waals surface area contributed by atoms with Crippen LogP contribution in [0.2, 0.25) is 0 Å². The van der Waals surface area contributed by atoms with E-state index in [-0.39, 0.29) is 6.04 Å². The molecule has 0 radical (unpaired) electrons. The van der Waals surface area contributed by atoms with E-state index >= 15 is 0 Å². The number of hydrogen-bond acceptors (Lipinski definition) is 3. The summed E-state index contributed by atoms with van der Waals surface area (Å²) in [5, 5.41) is 0. The van der Waals surface area contributed by atoms with Gasteiger partial charge in [0.25, 0.3) is 0 Å². The molecular weight excluding hydrogens is 140 g/mol. The molecule has 0 amide bonds. The lowest BCUT2D eigenvalue weighted by Gasteiger charge is -2.14. The van der Waals surface area contributed by atoms with Crippen molar-refractivity contribution in [2.45, 2.75) is 6.04 Å². The average Bonchev–Trinajstić information content (AvgIpc) is 2.46. The van der Waals surface area contributed by atoms with E-state index in [4.69, 9.17) is 0 Å². The fourth-order valence-electron chi connectivity index (χ4n) is 1.16. The van der Waals surface area contributed by atoms with Crippen molar-refractivity contribution in [3.8, 4) is 0 Å². The molecular formula is C8H12N2O. The molecule has 0 aliphatic carbocycles. The maximum atomic E-state index is 10.5. The average molecular weight is 152 g/mol. The van der Waals surface area contributed by atoms with E-state index < -0.39 is 0 Å². The zero-order valence-electron chi connectivity index (χ0n) is 6.44. The van der Waals surface area contributed by atoms with E-state index in [0.717, 1.165) is 19.5 Å². The molecule has 0 bridgehead atoms. The third kappa shape index (κ3) is 1.42. The van der Waals surface area contributed by atoms with E-state index in [1.807, 2.05) is 9.80 Å². The highest BCUT2D eigenvalue weighted by Gasteiger charge is 2.24. The molecule has 1 heterocycles. The van der Waals surface area contributed by atoms with Gasteiger partial charge in [-0.1, -0.05) is 13.2 Å². The van der Waals surface area contributed by atoms with Crippen LogP contribution in [0.3, 0.4) is 0 Å². The van der Waals surface area contributed by atoms with Crippen molar-refractivity contribution in [3.63, 3.8) is 0 Å². The van der Waals surface area contributed by atoms with Crippen LogP contribution in [0.15, 0.2) is 25.6 Å². The Morgan fingerprint density at radius 2 is 2.09 bits per heavy atom. The normalized spacial score (nSPS) is 23.5. The Hall–Kier alpha value is -1.25. The highest BCUT2D eigenvalue weighted by Crippen LogP contribution is 2.10. The lowest BCUT2D eigenvalue weighted by molar-refractivity contribution is -0.110. The standard InChI is InChI=1S/C8H12N2O/c1-3-9-5-8(6-11)10(4-2)7-9/h3-4,6,8H,1-2,5,7H2. The van der Waals surface area contributed by atoms with E-state index in [9.17, 15) is 4.79 Å². The van der Waals surface area contributed by atoms with Gasteiger partial charge < -0.3 is 14.6 Å². The van der Waals surface area contributed by atoms with E-state index in [0.29, 0.717) is 0 Å². The molecule has 1 saturated heterocycles. The Bertz CT molecular complexity index is 163. The molecule has 1 atom stereocenters. The molecule has 1 fully saturated rings. The molecule has 0 aromatic heterocycles. The Kier molecular flexibility index (Phi) is 2.31. The number of hydrogen-bond donors (Lipinski definition) is 0. The molecule has 3 nitrogen and oxygen atoms in total. The first-order valence-electron chi connectivity index (χ1n) is 3.52. The van der Waals surface area contributed by atoms with Crippen molar-refractivity contribution >= 4 is 6.29 Å². The number of carbonyl (C=O) groups excluding carboxylic acids is 1. The minimum Gasteiger partial charge on any atom is -0.358 e. The number of carbonyl (C=O) groups is 1. The van der Waals surface area contributed by atoms with Gasteiger partial charge in [-0.15, -0.1) is 0 Å². The van der Waals surface area contributed by atoms with Gasteiger partial charge in [-0.2, -0.15) is 0 Å². The first kappa shape index (κ1) is 7.85. The molecule has 0 aromatic carbocycles. The molecule has 1 aliphatic rings. The summed E-state index contributed by atoms with van der Waals surface area (Å²) >= 11 is 0. The highest BCUT2D eigenvalue weighted by molar-refractivity contribution is 5.59. The summed E-state index contributed by atoms with van der Waals surface area (Å²) < 4.78 is 0. The molecule has 60 valence electrons. The van der Waals surface area contributed by atoms with E-state index in [2.05, 4.69) is 13.2 Å². The second kappa shape index (κ2) is 3.23. The van der Waals surface area contributed by atoms with Gasteiger partial charge in [0.15, 0.2) is 0 Å². The van der Waals surface area contributed by atoms with Gasteiger partial charge in [0.2, 0.25) is 0 Å². The summed E-state index contributed by atoms with van der Waals surface area (Å²) in [5.74, 6) is 0. The predicted octanol–water partition coefficient (Wildman–Crippen LogP) is 0.416. The van der Waals surface area contributed by atoms with Crippen LogP contribution in [0, 0.1) is 0 Å². The molecule has 0 spiro atoms. The molecule has 1 rings (SSSR count). The van der Waals surface area contributed by atoms with Crippen LogP contribution in [0.1, 0.15) is 0 Å². The van der Waals surface area contributed by atoms with E-state index in [1.165, 1.54) is 0 Å². The maximum Gasteiger partial charge on any atom is 0.144 e. The molecule has 1 unspecified atom stereocenters. The van der Waals surface area contributed by atoms with Crippen LogP contribution in [-0.2, 0) is 4.79 Å². The third-order valence-electron chi connectivity index (χ3n) is 1.84. The van der Waals surface area contributed by atoms with Gasteiger partial charge in [0.05, 0.1) is 6.67 Å². The smallest absolute Gasteiger partial charge is 0.144 e. The summed E-state index contributed by atoms with van der Waals surface area (Å²) in [6, 6.07) is -0.0505. The van der Waals surface area contributed by atoms with Crippen molar-refractivity contribution in [1.82, 2.24) is 9.80 Å². The lowest BCUT2D eigenvalue weighted by Crippen LogP contribution is -2.26. The summed E-state index contributed by atoms with van der Waals surface area (Å²) in [6.45, 7) is 8.68. The Balaban J connectivity index is 2.60. The monoisotopic (exact) mass is 152 g/mol. The van der Waals surface area contributed by atoms with Crippen molar-refractivity contribution in [2.24, 2.45) is 0 Å². The van der Waals surface area contributed by atoms with Crippen molar-refractivity contribution in [1.29, 1.82) is 0 Å². The maximum absolute atomic E-state index is 10.5. The van der Waals surface area contributed by atoms with Gasteiger partial charge in [0, 0.05) is 6.54 Å². The predicted molar refractivity (Wildman–Crippen MR) is 43.7 cm³/mol. The van der Waals surface area contributed by atoms with Gasteiger partial charge in [0.1, 0.15) is 12.3 Å². The molecule has 3 heteroatoms. The molecule has 11 heavy (non-hydrogen) atoms. The Labute approximate surface area is 66.6 Å². The minimum absolute atomic E-state index is 0.0505. The van der Waals surface area contributed by atoms with Crippen LogP contribution in [0.5, 0.6) is 0 Å². The van der Waals surface area contributed by atoms with Crippen LogP contribution in [0.4, 0.5) is 0 Å². The second-order valence-corrected chi connectivity index (χ2v) is 2.50. The van der Waals surface area contributed by atoms with Gasteiger partial charge in [-0.25, -0.2) is 0 Å². The van der Waals surface area contributed by atoms with Crippen LogP contribution in [-0.4, -0.2) is 35.3 Å². The fourth-order valence-corrected chi connectivity index (χ4v) is 1.16. The Morgan fingerprint density at radius 3 is 2.45 bits per heavy atom. The first-order valence-corrected chi connectivity index (χ1v) is 3.52. The first-order chi connectivity index (χ1) is 5.31. The molecule has 0 aromatic rings. The van der Waals surface area contributed by atoms with Gasteiger partial charge in [-0.05, 0) is 12.4 Å². The zero-order valence-corrected chi connectivity index (χ0v) is 6.44. The summed E-state index contributed by atoms with van der Waals surface area (Å²) in [6.07, 6.45) is 4.35. The van der Waals surface area contributed by atoms with Crippen molar-refractivity contribution < 1.29 is 4.79 Å². The largest absolute Gasteiger partial charge is 0.358 e. The molecule has 0 N–H and O–H groups in total. The third-order valence-corrected chi connectivity index (χ3v) is 1.84. The lowest BCUT2D eigenvalue weighted by atomic mass is 10.3. The zero-order chi connectivity index (χ0) is 8.27. The van der Waals surface area contributed by atoms with Crippen LogP contribution >= 0.6 is 0 Å². The summed E-state index contributed by atoms with van der Waals surface area (Å²) in [4.78, 5) is 14.3. The fraction of sp³-hybridized carbons (Fsp3) is 0.375. The number of rotatable bonds is 3. The highest BCUT2D eigenvalue weighted by atomic mass is 16.1. The minimum atomic E-state index is -0.0505. The van der Waals surface area contributed by atoms with Crippen LogP contribution < -0.4 is 0 Å².